The van der Waals surface area contributed by atoms with E-state index >= 15 is 0 Å². The van der Waals surface area contributed by atoms with Gasteiger partial charge in [0, 0.05) is 0 Å². The molecule has 9 aliphatic carbocycles. The Balaban J connectivity index is 1.18. The number of aryl methyl sites for hydroxylation is 11. The Morgan fingerprint density at radius 3 is 1.12 bits per heavy atom. The normalized spacial score (nSPS) is 17.7. The van der Waals surface area contributed by atoms with Crippen molar-refractivity contribution in [2.45, 2.75) is 116 Å². The molecule has 13 rings (SSSR count). The van der Waals surface area contributed by atoms with Crippen LogP contribution >= 0.6 is 0 Å². The van der Waals surface area contributed by atoms with Crippen LogP contribution in [0.2, 0.25) is 0 Å². The van der Waals surface area contributed by atoms with Crippen LogP contribution in [0, 0.1) is 0 Å². The van der Waals surface area contributed by atoms with Crippen molar-refractivity contribution in [1.82, 2.24) is 0 Å². The third-order valence-electron chi connectivity index (χ3n) is 10.5. The van der Waals surface area contributed by atoms with Crippen LogP contribution in [0.3, 0.4) is 0 Å². The van der Waals surface area contributed by atoms with Crippen molar-refractivity contribution in [2.75, 3.05) is 0 Å². The Kier molecular flexibility index (Phi) is 8.59. The van der Waals surface area contributed by atoms with E-state index < -0.39 is 0 Å². The lowest BCUT2D eigenvalue weighted by Crippen LogP contribution is -2.09. The summed E-state index contributed by atoms with van der Waals surface area (Å²) in [5.74, 6) is 0. The maximum Gasteiger partial charge on any atom is -0.0270 e. The van der Waals surface area contributed by atoms with Crippen LogP contribution in [-0.4, -0.2) is 0 Å². The van der Waals surface area contributed by atoms with E-state index in [1.807, 2.05) is 0 Å². The van der Waals surface area contributed by atoms with E-state index in [1.54, 1.807) is 44.5 Å². The summed E-state index contributed by atoms with van der Waals surface area (Å²) in [5.41, 5.74) is 19.3. The van der Waals surface area contributed by atoms with Crippen LogP contribution in [0.25, 0.3) is 0 Å². The molecular weight excluding hydrogens is 504 g/mol. The van der Waals surface area contributed by atoms with Gasteiger partial charge in [-0.05, 0) is 182 Å². The quantitative estimate of drug-likeness (QED) is 0.204. The van der Waals surface area contributed by atoms with Crippen LogP contribution in [0.5, 0.6) is 0 Å². The number of fused-ring (bicyclic) bond motifs is 2. The summed E-state index contributed by atoms with van der Waals surface area (Å²) in [6.45, 7) is 0. The van der Waals surface area contributed by atoms with Gasteiger partial charge < -0.3 is 0 Å². The van der Waals surface area contributed by atoms with E-state index in [9.17, 15) is 0 Å². The molecule has 0 radical (unpaired) electrons. The first-order chi connectivity index (χ1) is 20.8. The molecule has 0 heteroatoms. The van der Waals surface area contributed by atoms with E-state index in [0.29, 0.717) is 0 Å². The highest BCUT2D eigenvalue weighted by Crippen LogP contribution is 2.30. The zero-order valence-electron chi connectivity index (χ0n) is 25.7. The fraction of sp³-hybridized carbons (Fsp3) is 0.429. The van der Waals surface area contributed by atoms with Crippen LogP contribution in [0.15, 0.2) is 72.8 Å². The molecule has 9 aliphatic rings. The predicted octanol–water partition coefficient (Wildman–Crippen LogP) is 9.68. The Hall–Kier alpha value is -3.12. The molecule has 0 atom stereocenters. The molecule has 0 fully saturated rings. The summed E-state index contributed by atoms with van der Waals surface area (Å²) in [4.78, 5) is 0. The SMILES string of the molecule is c1cc2cc(c1)CCCc1cc3cc(c1CCCc1cc4c(cc1CCCc1ccc(cc1)CCC4)CCC3)CCC2. The number of benzene rings is 4. The van der Waals surface area contributed by atoms with Gasteiger partial charge in [-0.25, -0.2) is 0 Å². The summed E-state index contributed by atoms with van der Waals surface area (Å²) < 4.78 is 0. The number of hydrogen-bond acceptors (Lipinski definition) is 0. The second-order valence-corrected chi connectivity index (χ2v) is 13.5. The molecule has 0 unspecified atom stereocenters. The zero-order chi connectivity index (χ0) is 28.1. The summed E-state index contributed by atoms with van der Waals surface area (Å²) in [5, 5.41) is 0. The molecule has 4 aromatic rings. The van der Waals surface area contributed by atoms with Crippen molar-refractivity contribution in [1.29, 1.82) is 0 Å². The Bertz CT molecular complexity index is 1470. The van der Waals surface area contributed by atoms with Crippen LogP contribution in [0.1, 0.15) is 105 Å². The lowest BCUT2D eigenvalue weighted by molar-refractivity contribution is 0.723. The number of hydrogen-bond donors (Lipinski definition) is 0. The second kappa shape index (κ2) is 13.0. The molecule has 4 aromatic carbocycles. The lowest BCUT2D eigenvalue weighted by Gasteiger charge is -2.22. The van der Waals surface area contributed by atoms with Crippen molar-refractivity contribution in [3.8, 4) is 0 Å². The Labute approximate surface area is 254 Å². The highest BCUT2D eigenvalue weighted by Gasteiger charge is 2.17. The summed E-state index contributed by atoms with van der Waals surface area (Å²) >= 11 is 0. The molecule has 12 bridgehead atoms. The summed E-state index contributed by atoms with van der Waals surface area (Å²) in [6.07, 6.45) is 22.1. The lowest BCUT2D eigenvalue weighted by atomic mass is 9.84. The van der Waals surface area contributed by atoms with Crippen LogP contribution in [0.4, 0.5) is 0 Å². The average molecular weight is 553 g/mol. The van der Waals surface area contributed by atoms with E-state index in [0.717, 1.165) is 0 Å². The van der Waals surface area contributed by atoms with Crippen LogP contribution < -0.4 is 0 Å². The van der Waals surface area contributed by atoms with E-state index in [1.165, 1.54) is 138 Å². The molecule has 0 nitrogen and oxygen atoms in total. The first-order valence-electron chi connectivity index (χ1n) is 17.2. The minimum atomic E-state index is 1.19. The average Bonchev–Trinajstić information content (AvgIpc) is 3.00. The summed E-state index contributed by atoms with van der Waals surface area (Å²) in [7, 11) is 0. The Morgan fingerprint density at radius 1 is 0.262 bits per heavy atom. The van der Waals surface area contributed by atoms with E-state index in [-0.39, 0.29) is 0 Å². The van der Waals surface area contributed by atoms with Gasteiger partial charge in [-0.15, -0.1) is 0 Å². The monoisotopic (exact) mass is 552 g/mol. The molecule has 216 valence electrons. The third-order valence-corrected chi connectivity index (χ3v) is 10.5. The molecule has 0 heterocycles. The van der Waals surface area contributed by atoms with Crippen molar-refractivity contribution >= 4 is 0 Å². The van der Waals surface area contributed by atoms with Gasteiger partial charge in [-0.2, -0.15) is 0 Å². The molecule has 0 saturated heterocycles. The second-order valence-electron chi connectivity index (χ2n) is 13.5. The van der Waals surface area contributed by atoms with Gasteiger partial charge in [0.15, 0.2) is 0 Å². The fourth-order valence-electron chi connectivity index (χ4n) is 8.19. The van der Waals surface area contributed by atoms with Crippen molar-refractivity contribution in [3.63, 3.8) is 0 Å². The maximum absolute atomic E-state index is 2.67. The van der Waals surface area contributed by atoms with Crippen molar-refractivity contribution < 1.29 is 0 Å². The predicted molar refractivity (Wildman–Crippen MR) is 178 cm³/mol. The van der Waals surface area contributed by atoms with E-state index in [4.69, 9.17) is 0 Å². The van der Waals surface area contributed by atoms with Gasteiger partial charge in [0.05, 0.1) is 0 Å². The van der Waals surface area contributed by atoms with Gasteiger partial charge in [-0.3, -0.25) is 0 Å². The van der Waals surface area contributed by atoms with Gasteiger partial charge in [0.2, 0.25) is 0 Å². The minimum absolute atomic E-state index is 1.19. The van der Waals surface area contributed by atoms with Gasteiger partial charge in [0.1, 0.15) is 0 Å². The molecular formula is C42H48. The fourth-order valence-corrected chi connectivity index (χ4v) is 8.19. The van der Waals surface area contributed by atoms with Gasteiger partial charge in [0.25, 0.3) is 0 Å². The van der Waals surface area contributed by atoms with Crippen molar-refractivity contribution in [3.05, 3.63) is 140 Å². The largest absolute Gasteiger partial charge is 0.0617 e. The van der Waals surface area contributed by atoms with E-state index in [2.05, 4.69) is 72.8 Å². The van der Waals surface area contributed by atoms with Crippen molar-refractivity contribution in [2.24, 2.45) is 0 Å². The van der Waals surface area contributed by atoms with Crippen LogP contribution in [-0.2, 0) is 77.0 Å². The highest BCUT2D eigenvalue weighted by atomic mass is 14.2. The minimum Gasteiger partial charge on any atom is -0.0617 e. The van der Waals surface area contributed by atoms with Gasteiger partial charge in [-0.1, -0.05) is 72.8 Å². The molecule has 42 heavy (non-hydrogen) atoms. The molecule has 0 spiro atoms. The standard InChI is InChI=1S/C42H48/c1-10-33-12-4-19-40-27-35-14-6-17-38-29-37-16-3-9-32-24-22-31(23-25-32)8-2-15-36(38)30-39(37)18-7-21-42(40)41(28-35)20-5-13-34(11-1)26-33/h1,10-11,22-30H,2-9,12-21H2. The zero-order valence-corrected chi connectivity index (χ0v) is 25.7. The third kappa shape index (κ3) is 6.59. The first kappa shape index (κ1) is 27.7. The first-order valence-corrected chi connectivity index (χ1v) is 17.2. The smallest absolute Gasteiger partial charge is 0.0270 e. The molecule has 0 aromatic heterocycles. The highest BCUT2D eigenvalue weighted by molar-refractivity contribution is 5.43. The number of rotatable bonds is 0. The summed E-state index contributed by atoms with van der Waals surface area (Å²) in [6, 6.07) is 29.6. The Morgan fingerprint density at radius 2 is 0.643 bits per heavy atom. The molecule has 0 amide bonds. The van der Waals surface area contributed by atoms with Gasteiger partial charge >= 0.3 is 0 Å². The topological polar surface area (TPSA) is 0 Å². The molecule has 0 N–H and O–H groups in total. The maximum atomic E-state index is 2.67. The molecule has 0 saturated carbocycles. The molecule has 0 aliphatic heterocycles.